The van der Waals surface area contributed by atoms with E-state index in [-0.39, 0.29) is 12.3 Å². The fourth-order valence-electron chi connectivity index (χ4n) is 5.30. The first-order chi connectivity index (χ1) is 19.4. The number of aliphatic imine (C=N–C) groups is 1. The zero-order valence-corrected chi connectivity index (χ0v) is 23.9. The van der Waals surface area contributed by atoms with E-state index in [9.17, 15) is 9.59 Å². The van der Waals surface area contributed by atoms with Crippen molar-refractivity contribution in [1.82, 2.24) is 4.90 Å². The van der Waals surface area contributed by atoms with Crippen molar-refractivity contribution in [2.75, 3.05) is 19.0 Å². The van der Waals surface area contributed by atoms with E-state index < -0.39 is 5.97 Å². The molecular formula is C33H35N3O3S. The molecule has 3 aromatic carbocycles. The zero-order valence-electron chi connectivity index (χ0n) is 23.0. The number of hydrogen-bond acceptors (Lipinski definition) is 5. The molecule has 206 valence electrons. The van der Waals surface area contributed by atoms with Crippen molar-refractivity contribution in [2.24, 2.45) is 4.99 Å². The van der Waals surface area contributed by atoms with Crippen LogP contribution in [0.4, 0.5) is 11.4 Å². The van der Waals surface area contributed by atoms with E-state index in [2.05, 4.69) is 53.3 Å². The zero-order chi connectivity index (χ0) is 28.1. The molecule has 1 N–H and O–H groups in total. The van der Waals surface area contributed by atoms with Crippen molar-refractivity contribution >= 4 is 46.3 Å². The van der Waals surface area contributed by atoms with E-state index in [1.807, 2.05) is 18.2 Å². The third-order valence-corrected chi connectivity index (χ3v) is 8.69. The van der Waals surface area contributed by atoms with Gasteiger partial charge in [-0.25, -0.2) is 4.99 Å². The maximum absolute atomic E-state index is 12.9. The summed E-state index contributed by atoms with van der Waals surface area (Å²) in [5, 5.41) is 9.54. The Bertz CT molecular complexity index is 1410. The smallest absolute Gasteiger partial charge is 0.307 e. The molecule has 5 rings (SSSR count). The third-order valence-electron chi connectivity index (χ3n) is 7.63. The van der Waals surface area contributed by atoms with E-state index >= 15 is 0 Å². The highest BCUT2D eigenvalue weighted by atomic mass is 32.2. The van der Waals surface area contributed by atoms with Crippen LogP contribution in [-0.2, 0) is 22.6 Å². The van der Waals surface area contributed by atoms with Gasteiger partial charge in [-0.05, 0) is 83.1 Å². The first-order valence-electron chi connectivity index (χ1n) is 13.8. The summed E-state index contributed by atoms with van der Waals surface area (Å²) in [4.78, 5) is 32.8. The minimum Gasteiger partial charge on any atom is -0.481 e. The van der Waals surface area contributed by atoms with E-state index in [1.54, 1.807) is 36.2 Å². The Hall–Kier alpha value is -3.84. The third kappa shape index (κ3) is 6.83. The Morgan fingerprint density at radius 2 is 1.62 bits per heavy atom. The number of carbonyl (C=O) groups is 2. The summed E-state index contributed by atoms with van der Waals surface area (Å²) in [5.41, 5.74) is 6.24. The van der Waals surface area contributed by atoms with Crippen LogP contribution < -0.4 is 4.90 Å². The van der Waals surface area contributed by atoms with Crippen molar-refractivity contribution < 1.29 is 14.7 Å². The molecule has 6 nitrogen and oxygen atoms in total. The van der Waals surface area contributed by atoms with E-state index in [1.165, 1.54) is 55.0 Å². The van der Waals surface area contributed by atoms with Crippen LogP contribution in [0.2, 0.25) is 0 Å². The van der Waals surface area contributed by atoms with Gasteiger partial charge in [0.05, 0.1) is 17.0 Å². The van der Waals surface area contributed by atoms with Crippen LogP contribution in [0.3, 0.4) is 0 Å². The molecule has 0 radical (unpaired) electrons. The van der Waals surface area contributed by atoms with Crippen LogP contribution in [0.15, 0.2) is 82.7 Å². The molecule has 1 saturated carbocycles. The number of anilines is 1. The second-order valence-electron chi connectivity index (χ2n) is 10.6. The first-order valence-corrected chi connectivity index (χ1v) is 14.6. The summed E-state index contributed by atoms with van der Waals surface area (Å²) in [5.74, 6) is -0.236. The molecule has 1 aliphatic carbocycles. The van der Waals surface area contributed by atoms with Gasteiger partial charge in [0, 0.05) is 26.3 Å². The van der Waals surface area contributed by atoms with Crippen LogP contribution >= 0.6 is 11.8 Å². The normalized spacial score (nSPS) is 18.1. The number of thioether (sulfide) groups is 1. The largest absolute Gasteiger partial charge is 0.481 e. The lowest BCUT2D eigenvalue weighted by atomic mass is 9.84. The summed E-state index contributed by atoms with van der Waals surface area (Å²) in [6, 6.07) is 24.4. The van der Waals surface area contributed by atoms with Gasteiger partial charge in [-0.3, -0.25) is 14.5 Å². The highest BCUT2D eigenvalue weighted by molar-refractivity contribution is 8.18. The van der Waals surface area contributed by atoms with Crippen molar-refractivity contribution in [3.05, 3.63) is 100.0 Å². The van der Waals surface area contributed by atoms with Gasteiger partial charge >= 0.3 is 5.97 Å². The summed E-state index contributed by atoms with van der Waals surface area (Å²) >= 11 is 1.34. The predicted molar refractivity (Wildman–Crippen MR) is 164 cm³/mol. The van der Waals surface area contributed by atoms with Gasteiger partial charge in [0.1, 0.15) is 0 Å². The molecule has 2 fully saturated rings. The summed E-state index contributed by atoms with van der Waals surface area (Å²) < 4.78 is 0. The molecule has 7 heteroatoms. The molecule has 2 aliphatic rings. The fraction of sp³-hybridized carbons (Fsp3) is 0.303. The maximum atomic E-state index is 12.9. The van der Waals surface area contributed by atoms with Crippen molar-refractivity contribution in [3.8, 4) is 0 Å². The molecule has 1 saturated heterocycles. The molecule has 1 heterocycles. The van der Waals surface area contributed by atoms with E-state index in [4.69, 9.17) is 5.11 Å². The number of carboxylic acid groups (broad SMARTS) is 1. The Balaban J connectivity index is 1.21. The highest BCUT2D eigenvalue weighted by Crippen LogP contribution is 2.34. The monoisotopic (exact) mass is 553 g/mol. The van der Waals surface area contributed by atoms with Gasteiger partial charge in [0.15, 0.2) is 5.17 Å². The number of amides is 1. The highest BCUT2D eigenvalue weighted by Gasteiger charge is 2.30. The van der Waals surface area contributed by atoms with Gasteiger partial charge in [-0.2, -0.15) is 0 Å². The van der Waals surface area contributed by atoms with Gasteiger partial charge in [0.25, 0.3) is 5.91 Å². The fourth-order valence-corrected chi connectivity index (χ4v) is 6.28. The van der Waals surface area contributed by atoms with Gasteiger partial charge < -0.3 is 10.0 Å². The second-order valence-corrected chi connectivity index (χ2v) is 11.6. The lowest BCUT2D eigenvalue weighted by Gasteiger charge is -2.23. The lowest BCUT2D eigenvalue weighted by molar-refractivity contribution is -0.136. The lowest BCUT2D eigenvalue weighted by Crippen LogP contribution is -2.23. The number of amidine groups is 1. The molecule has 40 heavy (non-hydrogen) atoms. The number of rotatable bonds is 8. The molecule has 0 unspecified atom stereocenters. The predicted octanol–water partition coefficient (Wildman–Crippen LogP) is 7.23. The number of hydrogen-bond donors (Lipinski definition) is 1. The van der Waals surface area contributed by atoms with E-state index in [0.717, 1.165) is 23.7 Å². The van der Waals surface area contributed by atoms with Gasteiger partial charge in [-0.15, -0.1) is 0 Å². The molecule has 0 bridgehead atoms. The first kappa shape index (κ1) is 27.7. The molecule has 3 aromatic rings. The van der Waals surface area contributed by atoms with Crippen LogP contribution in [0.25, 0.3) is 6.08 Å². The Labute approximate surface area is 240 Å². The number of aliphatic carboxylic acids is 1. The molecule has 1 aliphatic heterocycles. The quantitative estimate of drug-likeness (QED) is 0.298. The topological polar surface area (TPSA) is 73.2 Å². The molecule has 0 atom stereocenters. The number of nitrogens with zero attached hydrogens (tertiary/aromatic N) is 3. The maximum Gasteiger partial charge on any atom is 0.307 e. The van der Waals surface area contributed by atoms with Crippen LogP contribution in [-0.4, -0.2) is 41.1 Å². The van der Waals surface area contributed by atoms with Crippen LogP contribution in [0.5, 0.6) is 0 Å². The minimum absolute atomic E-state index is 0.0288. The average molecular weight is 554 g/mol. The van der Waals surface area contributed by atoms with Gasteiger partial charge in [0.2, 0.25) is 0 Å². The number of benzene rings is 3. The van der Waals surface area contributed by atoms with E-state index in [0.29, 0.717) is 21.3 Å². The number of likely N-dealkylation sites (N-methyl/N-ethyl adjacent to an activating group) is 1. The Morgan fingerprint density at radius 1 is 0.975 bits per heavy atom. The second kappa shape index (κ2) is 12.6. The average Bonchev–Trinajstić information content (AvgIpc) is 3.22. The summed E-state index contributed by atoms with van der Waals surface area (Å²) in [6.45, 7) is 0.835. The minimum atomic E-state index is -0.871. The Morgan fingerprint density at radius 3 is 2.27 bits per heavy atom. The van der Waals surface area contributed by atoms with Gasteiger partial charge in [-0.1, -0.05) is 67.8 Å². The van der Waals surface area contributed by atoms with Crippen LogP contribution in [0.1, 0.15) is 60.3 Å². The van der Waals surface area contributed by atoms with Crippen molar-refractivity contribution in [1.29, 1.82) is 0 Å². The number of carbonyl (C=O) groups excluding carboxylic acids is 1. The summed E-state index contributed by atoms with van der Waals surface area (Å²) in [6.07, 6.45) is 8.60. The molecule has 1 amide bonds. The van der Waals surface area contributed by atoms with Crippen molar-refractivity contribution in [2.45, 2.75) is 51.0 Å². The standard InChI is InChI=1S/C33H35N3O3S/c1-35(22-25-8-14-27(15-9-25)26-6-4-3-5-7-26)29-18-12-23(13-19-29)20-30-32(39)36(2)33(40-30)34-28-16-10-24(11-17-28)21-31(37)38/h8-20,26H,3-7,21-22H2,1-2H3,(H,37,38)/b30-20+,34-33?. The summed E-state index contributed by atoms with van der Waals surface area (Å²) in [7, 11) is 3.82. The molecule has 0 aromatic heterocycles. The number of carboxylic acids is 1. The molecular weight excluding hydrogens is 518 g/mol. The van der Waals surface area contributed by atoms with Crippen molar-refractivity contribution in [3.63, 3.8) is 0 Å². The SMILES string of the molecule is CN1C(=O)/C(=C\c2ccc(N(C)Cc3ccc(C4CCCCC4)cc3)cc2)SC1=Nc1ccc(CC(=O)O)cc1. The van der Waals surface area contributed by atoms with Crippen LogP contribution in [0, 0.1) is 0 Å². The Kier molecular flexibility index (Phi) is 8.70. The molecule has 0 spiro atoms.